The molecule has 0 saturated carbocycles. The fourth-order valence-electron chi connectivity index (χ4n) is 1.18. The molecule has 2 aromatic rings. The largest absolute Gasteiger partial charge is 0.225 e. The zero-order valence-electron chi connectivity index (χ0n) is 7.61. The van der Waals surface area contributed by atoms with Gasteiger partial charge in [-0.2, -0.15) is 0 Å². The lowest BCUT2D eigenvalue weighted by atomic mass is 10.1. The fourth-order valence-corrected chi connectivity index (χ4v) is 1.50. The first kappa shape index (κ1) is 9.09. The van der Waals surface area contributed by atoms with Crippen molar-refractivity contribution in [1.29, 1.82) is 0 Å². The number of aromatic nitrogens is 3. The number of nitrogens with zero attached hydrogens (tertiary/aromatic N) is 3. The molecule has 0 saturated heterocycles. The van der Waals surface area contributed by atoms with E-state index >= 15 is 0 Å². The van der Waals surface area contributed by atoms with Crippen molar-refractivity contribution in [2.45, 2.75) is 6.92 Å². The van der Waals surface area contributed by atoms with Gasteiger partial charge in [0.15, 0.2) is 5.82 Å². The Morgan fingerprint density at radius 3 is 2.50 bits per heavy atom. The highest BCUT2D eigenvalue weighted by molar-refractivity contribution is 6.33. The minimum Gasteiger partial charge on any atom is -0.225 e. The molecule has 0 spiro atoms. The quantitative estimate of drug-likeness (QED) is 0.718. The summed E-state index contributed by atoms with van der Waals surface area (Å²) in [5, 5.41) is 0.663. The zero-order chi connectivity index (χ0) is 9.97. The molecule has 1 aromatic heterocycles. The molecule has 0 fully saturated rings. The average molecular weight is 206 g/mol. The normalized spacial score (nSPS) is 10.1. The highest BCUT2D eigenvalue weighted by Crippen LogP contribution is 2.25. The Bertz CT molecular complexity index is 442. The van der Waals surface area contributed by atoms with E-state index in [1.54, 1.807) is 0 Å². The number of halogens is 1. The van der Waals surface area contributed by atoms with Gasteiger partial charge in [-0.25, -0.2) is 15.0 Å². The summed E-state index contributed by atoms with van der Waals surface area (Å²) in [5.41, 5.74) is 1.95. The molecule has 4 heteroatoms. The zero-order valence-corrected chi connectivity index (χ0v) is 8.36. The minimum absolute atomic E-state index is 0.602. The van der Waals surface area contributed by atoms with Crippen LogP contribution in [0.4, 0.5) is 0 Å². The second kappa shape index (κ2) is 3.72. The molecule has 0 aliphatic rings. The highest BCUT2D eigenvalue weighted by Gasteiger charge is 2.04. The van der Waals surface area contributed by atoms with Crippen LogP contribution in [-0.4, -0.2) is 15.0 Å². The van der Waals surface area contributed by atoms with Gasteiger partial charge >= 0.3 is 0 Å². The first-order valence-corrected chi connectivity index (χ1v) is 4.53. The summed E-state index contributed by atoms with van der Waals surface area (Å²) in [6.45, 7) is 1.99. The van der Waals surface area contributed by atoms with Gasteiger partial charge in [0.05, 0.1) is 5.02 Å². The summed E-state index contributed by atoms with van der Waals surface area (Å²) in [7, 11) is 0. The molecule has 0 radical (unpaired) electrons. The Labute approximate surface area is 86.8 Å². The van der Waals surface area contributed by atoms with Crippen LogP contribution in [0.25, 0.3) is 11.4 Å². The van der Waals surface area contributed by atoms with Crippen molar-refractivity contribution in [2.75, 3.05) is 0 Å². The van der Waals surface area contributed by atoms with E-state index in [9.17, 15) is 0 Å². The van der Waals surface area contributed by atoms with Gasteiger partial charge in [0.1, 0.15) is 12.7 Å². The summed E-state index contributed by atoms with van der Waals surface area (Å²) in [6, 6.07) is 5.78. The predicted octanol–water partition coefficient (Wildman–Crippen LogP) is 2.50. The summed E-state index contributed by atoms with van der Waals surface area (Å²) in [5.74, 6) is 0.602. The van der Waals surface area contributed by atoms with Gasteiger partial charge in [0, 0.05) is 5.56 Å². The molecule has 0 atom stereocenters. The Hall–Kier alpha value is -1.48. The Balaban J connectivity index is 2.53. The van der Waals surface area contributed by atoms with Crippen molar-refractivity contribution in [3.05, 3.63) is 41.4 Å². The van der Waals surface area contributed by atoms with Crippen LogP contribution in [0.3, 0.4) is 0 Å². The van der Waals surface area contributed by atoms with Gasteiger partial charge in [0.25, 0.3) is 0 Å². The molecular weight excluding hydrogens is 198 g/mol. The second-order valence-corrected chi connectivity index (χ2v) is 3.35. The number of hydrogen-bond acceptors (Lipinski definition) is 3. The van der Waals surface area contributed by atoms with E-state index in [-0.39, 0.29) is 0 Å². The van der Waals surface area contributed by atoms with E-state index in [4.69, 9.17) is 11.6 Å². The first-order chi connectivity index (χ1) is 6.77. The van der Waals surface area contributed by atoms with Gasteiger partial charge in [-0.05, 0) is 24.6 Å². The van der Waals surface area contributed by atoms with Crippen molar-refractivity contribution < 1.29 is 0 Å². The van der Waals surface area contributed by atoms with E-state index in [0.717, 1.165) is 11.1 Å². The first-order valence-electron chi connectivity index (χ1n) is 4.16. The Kier molecular flexibility index (Phi) is 2.41. The van der Waals surface area contributed by atoms with Gasteiger partial charge in [0.2, 0.25) is 0 Å². The van der Waals surface area contributed by atoms with Crippen LogP contribution in [0, 0.1) is 6.92 Å². The maximum atomic E-state index is 6.06. The molecule has 14 heavy (non-hydrogen) atoms. The molecule has 1 heterocycles. The van der Waals surface area contributed by atoms with E-state index in [1.807, 2.05) is 25.1 Å². The number of rotatable bonds is 1. The maximum Gasteiger partial charge on any atom is 0.164 e. The summed E-state index contributed by atoms with van der Waals surface area (Å²) in [6.07, 6.45) is 2.91. The van der Waals surface area contributed by atoms with E-state index in [0.29, 0.717) is 10.8 Å². The fraction of sp³-hybridized carbons (Fsp3) is 0.100. The summed E-state index contributed by atoms with van der Waals surface area (Å²) >= 11 is 6.06. The van der Waals surface area contributed by atoms with Crippen LogP contribution in [0.5, 0.6) is 0 Å². The van der Waals surface area contributed by atoms with Crippen LogP contribution in [0.2, 0.25) is 5.02 Å². The van der Waals surface area contributed by atoms with Gasteiger partial charge < -0.3 is 0 Å². The van der Waals surface area contributed by atoms with Crippen LogP contribution < -0.4 is 0 Å². The number of aryl methyl sites for hydroxylation is 1. The number of hydrogen-bond donors (Lipinski definition) is 0. The standard InChI is InChI=1S/C10H8ClN3/c1-7-2-3-8(9(11)4-7)10-13-5-12-6-14-10/h2-6H,1H3. The highest BCUT2D eigenvalue weighted by atomic mass is 35.5. The molecule has 0 aliphatic carbocycles. The van der Waals surface area contributed by atoms with Crippen molar-refractivity contribution in [3.63, 3.8) is 0 Å². The molecule has 2 rings (SSSR count). The lowest BCUT2D eigenvalue weighted by Gasteiger charge is -2.02. The van der Waals surface area contributed by atoms with E-state index in [1.165, 1.54) is 12.7 Å². The summed E-state index contributed by atoms with van der Waals surface area (Å²) < 4.78 is 0. The van der Waals surface area contributed by atoms with Crippen molar-refractivity contribution in [3.8, 4) is 11.4 Å². The topological polar surface area (TPSA) is 38.7 Å². The Morgan fingerprint density at radius 2 is 1.86 bits per heavy atom. The molecule has 0 amide bonds. The van der Waals surface area contributed by atoms with Gasteiger partial charge in [-0.15, -0.1) is 0 Å². The third kappa shape index (κ3) is 1.72. The molecular formula is C10H8ClN3. The van der Waals surface area contributed by atoms with Crippen LogP contribution in [0.15, 0.2) is 30.9 Å². The van der Waals surface area contributed by atoms with Crippen LogP contribution >= 0.6 is 11.6 Å². The van der Waals surface area contributed by atoms with Crippen LogP contribution in [-0.2, 0) is 0 Å². The lowest BCUT2D eigenvalue weighted by molar-refractivity contribution is 1.06. The molecule has 0 bridgehead atoms. The molecule has 3 nitrogen and oxygen atoms in total. The van der Waals surface area contributed by atoms with E-state index in [2.05, 4.69) is 15.0 Å². The molecule has 0 N–H and O–H groups in total. The number of benzene rings is 1. The monoisotopic (exact) mass is 205 g/mol. The minimum atomic E-state index is 0.602. The predicted molar refractivity (Wildman–Crippen MR) is 55.0 cm³/mol. The molecule has 0 unspecified atom stereocenters. The second-order valence-electron chi connectivity index (χ2n) is 2.95. The average Bonchev–Trinajstić information content (AvgIpc) is 2.19. The third-order valence-corrected chi connectivity index (χ3v) is 2.17. The Morgan fingerprint density at radius 1 is 1.14 bits per heavy atom. The van der Waals surface area contributed by atoms with Crippen molar-refractivity contribution >= 4 is 11.6 Å². The SMILES string of the molecule is Cc1ccc(-c2ncncn2)c(Cl)c1. The molecule has 0 aliphatic heterocycles. The summed E-state index contributed by atoms with van der Waals surface area (Å²) in [4.78, 5) is 11.8. The van der Waals surface area contributed by atoms with Crippen molar-refractivity contribution in [2.24, 2.45) is 0 Å². The third-order valence-electron chi connectivity index (χ3n) is 1.86. The van der Waals surface area contributed by atoms with Gasteiger partial charge in [-0.1, -0.05) is 17.7 Å². The smallest absolute Gasteiger partial charge is 0.164 e. The van der Waals surface area contributed by atoms with Gasteiger partial charge in [-0.3, -0.25) is 0 Å². The lowest BCUT2D eigenvalue weighted by Crippen LogP contribution is -1.89. The molecule has 1 aromatic carbocycles. The maximum absolute atomic E-state index is 6.06. The molecule has 70 valence electrons. The van der Waals surface area contributed by atoms with Crippen LogP contribution in [0.1, 0.15) is 5.56 Å². The van der Waals surface area contributed by atoms with Crippen molar-refractivity contribution in [1.82, 2.24) is 15.0 Å². The van der Waals surface area contributed by atoms with E-state index < -0.39 is 0 Å².